The van der Waals surface area contributed by atoms with Crippen LogP contribution in [0, 0.1) is 5.82 Å². The summed E-state index contributed by atoms with van der Waals surface area (Å²) in [5.41, 5.74) is -1.11. The van der Waals surface area contributed by atoms with E-state index in [9.17, 15) is 9.50 Å². The first-order chi connectivity index (χ1) is 5.97. The number of halogens is 2. The zero-order valence-electron chi connectivity index (χ0n) is 7.51. The third-order valence-corrected chi connectivity index (χ3v) is 2.45. The molecule has 1 rings (SSSR count). The predicted octanol–water partition coefficient (Wildman–Crippen LogP) is 2.60. The van der Waals surface area contributed by atoms with Crippen LogP contribution in [0.2, 0.25) is 0 Å². The summed E-state index contributed by atoms with van der Waals surface area (Å²) in [6.07, 6.45) is 0.424. The van der Waals surface area contributed by atoms with Gasteiger partial charge in [-0.25, -0.2) is 9.37 Å². The molecule has 2 nitrogen and oxygen atoms in total. The van der Waals surface area contributed by atoms with Crippen LogP contribution in [0.4, 0.5) is 4.39 Å². The maximum absolute atomic E-state index is 13.2. The van der Waals surface area contributed by atoms with E-state index >= 15 is 0 Å². The average Bonchev–Trinajstić information content (AvgIpc) is 2.09. The van der Waals surface area contributed by atoms with Crippen LogP contribution in [0.1, 0.15) is 26.0 Å². The zero-order chi connectivity index (χ0) is 10.1. The minimum atomic E-state index is -1.20. The summed E-state index contributed by atoms with van der Waals surface area (Å²) in [7, 11) is 0. The molecule has 0 radical (unpaired) electrons. The van der Waals surface area contributed by atoms with Gasteiger partial charge in [-0.2, -0.15) is 0 Å². The van der Waals surface area contributed by atoms with Gasteiger partial charge >= 0.3 is 0 Å². The Hall–Kier alpha value is -0.480. The molecule has 1 N–H and O–H groups in total. The van der Waals surface area contributed by atoms with Gasteiger partial charge in [0.05, 0.1) is 0 Å². The summed E-state index contributed by atoms with van der Waals surface area (Å²) < 4.78 is 13.7. The maximum Gasteiger partial charge on any atom is 0.147 e. The van der Waals surface area contributed by atoms with Gasteiger partial charge in [-0.15, -0.1) is 0 Å². The molecule has 0 bridgehead atoms. The van der Waals surface area contributed by atoms with Crippen molar-refractivity contribution in [2.45, 2.75) is 25.9 Å². The van der Waals surface area contributed by atoms with E-state index in [1.807, 2.05) is 0 Å². The lowest BCUT2D eigenvalue weighted by Crippen LogP contribution is -2.23. The number of hydrogen-bond acceptors (Lipinski definition) is 2. The number of aromatic nitrogens is 1. The van der Waals surface area contributed by atoms with Crippen molar-refractivity contribution in [2.24, 2.45) is 0 Å². The van der Waals surface area contributed by atoms with Crippen molar-refractivity contribution in [3.8, 4) is 0 Å². The van der Waals surface area contributed by atoms with E-state index in [0.717, 1.165) is 0 Å². The van der Waals surface area contributed by atoms with Crippen LogP contribution in [-0.2, 0) is 5.60 Å². The average molecular weight is 248 g/mol. The Bertz CT molecular complexity index is 314. The second kappa shape index (κ2) is 3.72. The van der Waals surface area contributed by atoms with E-state index in [-0.39, 0.29) is 5.69 Å². The summed E-state index contributed by atoms with van der Waals surface area (Å²) in [4.78, 5) is 3.91. The highest BCUT2D eigenvalue weighted by Gasteiger charge is 2.26. The van der Waals surface area contributed by atoms with Gasteiger partial charge in [-0.3, -0.25) is 0 Å². The van der Waals surface area contributed by atoms with Crippen LogP contribution < -0.4 is 0 Å². The Morgan fingerprint density at radius 3 is 2.77 bits per heavy atom. The van der Waals surface area contributed by atoms with Crippen LogP contribution in [0.15, 0.2) is 16.7 Å². The van der Waals surface area contributed by atoms with E-state index in [4.69, 9.17) is 0 Å². The Balaban J connectivity index is 3.20. The van der Waals surface area contributed by atoms with Crippen LogP contribution in [0.3, 0.4) is 0 Å². The lowest BCUT2D eigenvalue weighted by Gasteiger charge is -2.20. The highest BCUT2D eigenvalue weighted by Crippen LogP contribution is 2.25. The Morgan fingerprint density at radius 2 is 2.23 bits per heavy atom. The van der Waals surface area contributed by atoms with Gasteiger partial charge in [0.25, 0.3) is 0 Å². The molecular formula is C9H11BrFNO. The van der Waals surface area contributed by atoms with E-state index in [2.05, 4.69) is 20.9 Å². The van der Waals surface area contributed by atoms with Crippen molar-refractivity contribution in [3.05, 3.63) is 28.2 Å². The zero-order valence-corrected chi connectivity index (χ0v) is 9.10. The highest BCUT2D eigenvalue weighted by atomic mass is 79.9. The van der Waals surface area contributed by atoms with Gasteiger partial charge in [0.2, 0.25) is 0 Å². The number of hydrogen-bond donors (Lipinski definition) is 1. The third kappa shape index (κ3) is 2.25. The molecule has 1 aromatic rings. The molecule has 0 fully saturated rings. The van der Waals surface area contributed by atoms with E-state index in [0.29, 0.717) is 11.0 Å². The van der Waals surface area contributed by atoms with Crippen LogP contribution >= 0.6 is 15.9 Å². The molecule has 0 aliphatic carbocycles. The predicted molar refractivity (Wildman–Crippen MR) is 51.8 cm³/mol. The van der Waals surface area contributed by atoms with Crippen molar-refractivity contribution in [1.82, 2.24) is 4.98 Å². The van der Waals surface area contributed by atoms with E-state index in [1.165, 1.54) is 12.1 Å². The minimum Gasteiger partial charge on any atom is -0.384 e. The van der Waals surface area contributed by atoms with Crippen molar-refractivity contribution in [1.29, 1.82) is 0 Å². The molecule has 0 spiro atoms. The van der Waals surface area contributed by atoms with Gasteiger partial charge in [0.1, 0.15) is 21.7 Å². The van der Waals surface area contributed by atoms with Gasteiger partial charge in [-0.1, -0.05) is 6.92 Å². The molecule has 0 aliphatic heterocycles. The number of rotatable bonds is 2. The standard InChI is InChI=1S/C9H11BrFNO/c1-3-9(2,13)8-6(11)4-5-7(10)12-8/h4-5,13H,3H2,1-2H3. The first-order valence-electron chi connectivity index (χ1n) is 4.02. The minimum absolute atomic E-state index is 0.0874. The Morgan fingerprint density at radius 1 is 1.62 bits per heavy atom. The summed E-state index contributed by atoms with van der Waals surface area (Å²) in [6.45, 7) is 3.33. The number of aliphatic hydroxyl groups is 1. The smallest absolute Gasteiger partial charge is 0.147 e. The molecule has 0 aromatic carbocycles. The van der Waals surface area contributed by atoms with Crippen molar-refractivity contribution in [3.63, 3.8) is 0 Å². The molecule has 1 unspecified atom stereocenters. The second-order valence-corrected chi connectivity index (χ2v) is 3.90. The molecule has 0 saturated carbocycles. The van der Waals surface area contributed by atoms with Crippen molar-refractivity contribution < 1.29 is 9.50 Å². The van der Waals surface area contributed by atoms with Crippen LogP contribution in [0.5, 0.6) is 0 Å². The number of pyridine rings is 1. The first-order valence-corrected chi connectivity index (χ1v) is 4.81. The molecule has 1 aromatic heterocycles. The number of nitrogens with zero attached hydrogens (tertiary/aromatic N) is 1. The molecule has 0 saturated heterocycles. The quantitative estimate of drug-likeness (QED) is 0.816. The first kappa shape index (κ1) is 10.6. The molecule has 0 aliphatic rings. The molecule has 0 amide bonds. The van der Waals surface area contributed by atoms with Crippen LogP contribution in [0.25, 0.3) is 0 Å². The fourth-order valence-corrected chi connectivity index (χ4v) is 1.27. The van der Waals surface area contributed by atoms with Crippen molar-refractivity contribution in [2.75, 3.05) is 0 Å². The van der Waals surface area contributed by atoms with Gasteiger partial charge in [0.15, 0.2) is 0 Å². The van der Waals surface area contributed by atoms with E-state index in [1.54, 1.807) is 13.8 Å². The maximum atomic E-state index is 13.2. The monoisotopic (exact) mass is 247 g/mol. The molecule has 13 heavy (non-hydrogen) atoms. The Labute approximate surface area is 84.9 Å². The second-order valence-electron chi connectivity index (χ2n) is 3.09. The van der Waals surface area contributed by atoms with Gasteiger partial charge < -0.3 is 5.11 Å². The Kier molecular flexibility index (Phi) is 3.03. The summed E-state index contributed by atoms with van der Waals surface area (Å²) in [5, 5.41) is 9.78. The van der Waals surface area contributed by atoms with Crippen molar-refractivity contribution >= 4 is 15.9 Å². The normalized spacial score (nSPS) is 15.5. The fourth-order valence-electron chi connectivity index (χ4n) is 0.963. The third-order valence-electron chi connectivity index (χ3n) is 2.01. The summed E-state index contributed by atoms with van der Waals surface area (Å²) in [6, 6.07) is 2.79. The highest BCUT2D eigenvalue weighted by molar-refractivity contribution is 9.10. The molecule has 1 heterocycles. The summed E-state index contributed by atoms with van der Waals surface area (Å²) >= 11 is 3.13. The molecule has 4 heteroatoms. The molecular weight excluding hydrogens is 237 g/mol. The topological polar surface area (TPSA) is 33.1 Å². The van der Waals surface area contributed by atoms with E-state index < -0.39 is 11.4 Å². The molecule has 1 atom stereocenters. The lowest BCUT2D eigenvalue weighted by atomic mass is 9.98. The summed E-state index contributed by atoms with van der Waals surface area (Å²) in [5.74, 6) is -0.477. The SMILES string of the molecule is CCC(C)(O)c1nc(Br)ccc1F. The fraction of sp³-hybridized carbons (Fsp3) is 0.444. The van der Waals surface area contributed by atoms with Crippen LogP contribution in [-0.4, -0.2) is 10.1 Å². The lowest BCUT2D eigenvalue weighted by molar-refractivity contribution is 0.0443. The molecule has 72 valence electrons. The van der Waals surface area contributed by atoms with Gasteiger partial charge in [0, 0.05) is 0 Å². The van der Waals surface area contributed by atoms with Gasteiger partial charge in [-0.05, 0) is 41.4 Å². The largest absolute Gasteiger partial charge is 0.384 e.